The fourth-order valence-electron chi connectivity index (χ4n) is 2.12. The summed E-state index contributed by atoms with van der Waals surface area (Å²) in [6, 6.07) is 8.18. The molecule has 1 N–H and O–H groups in total. The fourth-order valence-corrected chi connectivity index (χ4v) is 2.38. The molecule has 18 heavy (non-hydrogen) atoms. The smallest absolute Gasteiger partial charge is 0.112 e. The highest BCUT2D eigenvalue weighted by atomic mass is 79.9. The van der Waals surface area contributed by atoms with E-state index in [1.165, 1.54) is 0 Å². The van der Waals surface area contributed by atoms with Gasteiger partial charge in [0.1, 0.15) is 6.10 Å². The molecule has 1 aromatic carbocycles. The third-order valence-electron chi connectivity index (χ3n) is 3.03. The van der Waals surface area contributed by atoms with Crippen LogP contribution in [0.5, 0.6) is 0 Å². The zero-order valence-corrected chi connectivity index (χ0v) is 11.4. The van der Waals surface area contributed by atoms with E-state index in [9.17, 15) is 0 Å². The first-order chi connectivity index (χ1) is 8.84. The van der Waals surface area contributed by atoms with Crippen LogP contribution >= 0.6 is 15.9 Å². The van der Waals surface area contributed by atoms with E-state index in [-0.39, 0.29) is 6.10 Å². The number of hydrogen-bond acceptors (Lipinski definition) is 3. The van der Waals surface area contributed by atoms with Gasteiger partial charge >= 0.3 is 0 Å². The first-order valence-electron chi connectivity index (χ1n) is 5.95. The number of hydrogen-bond donors (Lipinski definition) is 1. The van der Waals surface area contributed by atoms with Crippen LogP contribution in [0.1, 0.15) is 11.8 Å². The maximum Gasteiger partial charge on any atom is 0.112 e. The van der Waals surface area contributed by atoms with Gasteiger partial charge in [0.05, 0.1) is 24.8 Å². The summed E-state index contributed by atoms with van der Waals surface area (Å²) >= 11 is 3.44. The summed E-state index contributed by atoms with van der Waals surface area (Å²) in [4.78, 5) is 4.24. The van der Waals surface area contributed by atoms with Gasteiger partial charge in [0, 0.05) is 23.2 Å². The van der Waals surface area contributed by atoms with E-state index in [1.54, 1.807) is 0 Å². The molecule has 1 unspecified atom stereocenters. The highest BCUT2D eigenvalue weighted by Crippen LogP contribution is 2.22. The Bertz CT molecular complexity index is 517. The van der Waals surface area contributed by atoms with E-state index in [0.717, 1.165) is 35.6 Å². The molecule has 1 aromatic heterocycles. The standard InChI is InChI=1S/C13H14BrN3O/c14-10-1-3-11(4-2-10)17-9-16-7-12(17)13-8-15-5-6-18-13/h1-4,7,9,13,15H,5-6,8H2. The molecule has 1 aliphatic heterocycles. The average Bonchev–Trinajstić information content (AvgIpc) is 2.90. The van der Waals surface area contributed by atoms with Gasteiger partial charge in [-0.3, -0.25) is 0 Å². The van der Waals surface area contributed by atoms with Crippen LogP contribution in [0, 0.1) is 0 Å². The third kappa shape index (κ3) is 2.34. The lowest BCUT2D eigenvalue weighted by molar-refractivity contribution is 0.0240. The van der Waals surface area contributed by atoms with E-state index in [0.29, 0.717) is 0 Å². The van der Waals surface area contributed by atoms with Crippen LogP contribution < -0.4 is 5.32 Å². The minimum atomic E-state index is 0.0740. The van der Waals surface area contributed by atoms with Crippen molar-refractivity contribution in [1.29, 1.82) is 0 Å². The normalized spacial score (nSPS) is 19.9. The molecule has 1 atom stereocenters. The Kier molecular flexibility index (Phi) is 3.45. The molecule has 2 aromatic rings. The Balaban J connectivity index is 1.93. The van der Waals surface area contributed by atoms with Gasteiger partial charge in [-0.05, 0) is 24.3 Å². The molecule has 1 fully saturated rings. The molecule has 1 aliphatic rings. The fraction of sp³-hybridized carbons (Fsp3) is 0.308. The SMILES string of the molecule is Brc1ccc(-n2cncc2C2CNCCO2)cc1. The van der Waals surface area contributed by atoms with Crippen LogP contribution in [0.15, 0.2) is 41.3 Å². The Labute approximate surface area is 114 Å². The molecular formula is C13H14BrN3O. The van der Waals surface area contributed by atoms with Crippen LogP contribution in [-0.2, 0) is 4.74 Å². The summed E-state index contributed by atoms with van der Waals surface area (Å²) in [5, 5.41) is 3.34. The Morgan fingerprint density at radius 1 is 1.33 bits per heavy atom. The van der Waals surface area contributed by atoms with E-state index in [1.807, 2.05) is 24.7 Å². The summed E-state index contributed by atoms with van der Waals surface area (Å²) in [5.74, 6) is 0. The minimum Gasteiger partial charge on any atom is -0.369 e. The highest BCUT2D eigenvalue weighted by molar-refractivity contribution is 9.10. The first kappa shape index (κ1) is 11.9. The maximum absolute atomic E-state index is 5.78. The number of imidazole rings is 1. The number of rotatable bonds is 2. The van der Waals surface area contributed by atoms with Crippen molar-refractivity contribution >= 4 is 15.9 Å². The van der Waals surface area contributed by atoms with Gasteiger partial charge in [-0.2, -0.15) is 0 Å². The number of benzene rings is 1. The molecule has 0 amide bonds. The van der Waals surface area contributed by atoms with Crippen molar-refractivity contribution in [3.63, 3.8) is 0 Å². The highest BCUT2D eigenvalue weighted by Gasteiger charge is 2.19. The lowest BCUT2D eigenvalue weighted by Crippen LogP contribution is -2.34. The van der Waals surface area contributed by atoms with Crippen LogP contribution in [0.2, 0.25) is 0 Å². The molecule has 94 valence electrons. The number of aromatic nitrogens is 2. The molecule has 0 aliphatic carbocycles. The van der Waals surface area contributed by atoms with Gasteiger partial charge in [-0.1, -0.05) is 15.9 Å². The zero-order chi connectivity index (χ0) is 12.4. The summed E-state index contributed by atoms with van der Waals surface area (Å²) in [6.45, 7) is 2.50. The number of morpholine rings is 1. The van der Waals surface area contributed by atoms with E-state index in [4.69, 9.17) is 4.74 Å². The number of nitrogens with one attached hydrogen (secondary N) is 1. The van der Waals surface area contributed by atoms with Crippen LogP contribution in [0.4, 0.5) is 0 Å². The van der Waals surface area contributed by atoms with Gasteiger partial charge in [0.15, 0.2) is 0 Å². The van der Waals surface area contributed by atoms with Gasteiger partial charge in [0.2, 0.25) is 0 Å². The van der Waals surface area contributed by atoms with E-state index < -0.39 is 0 Å². The summed E-state index contributed by atoms with van der Waals surface area (Å²) in [5.41, 5.74) is 2.18. The van der Waals surface area contributed by atoms with Crippen molar-refractivity contribution < 1.29 is 4.74 Å². The molecular weight excluding hydrogens is 294 g/mol. The summed E-state index contributed by atoms with van der Waals surface area (Å²) in [6.07, 6.45) is 3.78. The van der Waals surface area contributed by atoms with Crippen LogP contribution in [0.3, 0.4) is 0 Å². The average molecular weight is 308 g/mol. The maximum atomic E-state index is 5.78. The van der Waals surface area contributed by atoms with E-state index >= 15 is 0 Å². The Hall–Kier alpha value is -1.17. The van der Waals surface area contributed by atoms with Crippen molar-refractivity contribution in [2.24, 2.45) is 0 Å². The van der Waals surface area contributed by atoms with E-state index in [2.05, 4.69) is 42.9 Å². The van der Waals surface area contributed by atoms with Gasteiger partial charge < -0.3 is 14.6 Å². The largest absolute Gasteiger partial charge is 0.369 e. The molecule has 4 nitrogen and oxygen atoms in total. The van der Waals surface area contributed by atoms with Crippen molar-refractivity contribution in [2.75, 3.05) is 19.7 Å². The quantitative estimate of drug-likeness (QED) is 0.925. The minimum absolute atomic E-state index is 0.0740. The lowest BCUT2D eigenvalue weighted by Gasteiger charge is -2.24. The van der Waals surface area contributed by atoms with Gasteiger partial charge in [-0.15, -0.1) is 0 Å². The van der Waals surface area contributed by atoms with Crippen molar-refractivity contribution in [3.05, 3.63) is 47.0 Å². The molecule has 5 heteroatoms. The molecule has 2 heterocycles. The predicted octanol–water partition coefficient (Wildman–Crippen LogP) is 2.30. The summed E-state index contributed by atoms with van der Waals surface area (Å²) < 4.78 is 8.92. The van der Waals surface area contributed by atoms with Crippen molar-refractivity contribution in [2.45, 2.75) is 6.10 Å². The van der Waals surface area contributed by atoms with Crippen molar-refractivity contribution in [3.8, 4) is 5.69 Å². The number of halogens is 1. The molecule has 0 spiro atoms. The van der Waals surface area contributed by atoms with Crippen LogP contribution in [-0.4, -0.2) is 29.2 Å². The van der Waals surface area contributed by atoms with Gasteiger partial charge in [0.25, 0.3) is 0 Å². The molecule has 0 bridgehead atoms. The number of ether oxygens (including phenoxy) is 1. The molecule has 0 saturated carbocycles. The Morgan fingerprint density at radius 2 is 2.17 bits per heavy atom. The number of nitrogens with zero attached hydrogens (tertiary/aromatic N) is 2. The molecule has 3 rings (SSSR count). The lowest BCUT2D eigenvalue weighted by atomic mass is 10.2. The second-order valence-electron chi connectivity index (χ2n) is 4.23. The van der Waals surface area contributed by atoms with Gasteiger partial charge in [-0.25, -0.2) is 4.98 Å². The topological polar surface area (TPSA) is 39.1 Å². The third-order valence-corrected chi connectivity index (χ3v) is 3.56. The Morgan fingerprint density at radius 3 is 2.89 bits per heavy atom. The zero-order valence-electron chi connectivity index (χ0n) is 9.84. The monoisotopic (exact) mass is 307 g/mol. The summed E-state index contributed by atoms with van der Waals surface area (Å²) in [7, 11) is 0. The molecule has 0 radical (unpaired) electrons. The van der Waals surface area contributed by atoms with Crippen molar-refractivity contribution in [1.82, 2.24) is 14.9 Å². The first-order valence-corrected chi connectivity index (χ1v) is 6.74. The second-order valence-corrected chi connectivity index (χ2v) is 5.14. The predicted molar refractivity (Wildman–Crippen MR) is 72.8 cm³/mol. The van der Waals surface area contributed by atoms with Crippen LogP contribution in [0.25, 0.3) is 5.69 Å². The molecule has 1 saturated heterocycles. The second kappa shape index (κ2) is 5.22.